The van der Waals surface area contributed by atoms with Crippen molar-refractivity contribution in [3.05, 3.63) is 72.3 Å². The van der Waals surface area contributed by atoms with Crippen LogP contribution in [0.3, 0.4) is 0 Å². The largest absolute Gasteiger partial charge is 0.490 e. The van der Waals surface area contributed by atoms with E-state index in [1.807, 2.05) is 20.8 Å². The van der Waals surface area contributed by atoms with Gasteiger partial charge in [-0.15, -0.1) is 10.2 Å². The minimum Gasteiger partial charge on any atom is -0.490 e. The summed E-state index contributed by atoms with van der Waals surface area (Å²) in [5, 5.41) is 16.2. The van der Waals surface area contributed by atoms with Gasteiger partial charge in [-0.2, -0.15) is 9.61 Å². The lowest BCUT2D eigenvalue weighted by atomic mass is 10.1. The molecule has 0 radical (unpaired) electrons. The summed E-state index contributed by atoms with van der Waals surface area (Å²) in [5.74, 6) is -0.337. The zero-order valence-corrected chi connectivity index (χ0v) is 23.9. The van der Waals surface area contributed by atoms with E-state index in [-0.39, 0.29) is 18.7 Å². The molecule has 0 aliphatic carbocycles. The molecular formula is C30H30F2N8O3. The number of likely N-dealkylation sites (tertiary alicyclic amines) is 1. The van der Waals surface area contributed by atoms with Gasteiger partial charge in [-0.3, -0.25) is 4.98 Å². The Labute approximate surface area is 245 Å². The highest BCUT2D eigenvalue weighted by Gasteiger charge is 2.32. The first-order chi connectivity index (χ1) is 20.6. The van der Waals surface area contributed by atoms with Gasteiger partial charge < -0.3 is 19.7 Å². The number of carbonyl (C=O) groups excluding carboxylic acids is 1. The van der Waals surface area contributed by atoms with E-state index >= 15 is 0 Å². The monoisotopic (exact) mass is 588 g/mol. The topological polar surface area (TPSA) is 120 Å². The number of carbonyl (C=O) groups is 1. The van der Waals surface area contributed by atoms with E-state index in [1.165, 1.54) is 16.6 Å². The predicted octanol–water partition coefficient (Wildman–Crippen LogP) is 5.40. The number of benzene rings is 1. The second-order valence-electron chi connectivity index (χ2n) is 11.3. The van der Waals surface area contributed by atoms with Crippen molar-refractivity contribution in [3.8, 4) is 17.0 Å². The number of halogens is 2. The molecule has 222 valence electrons. The second kappa shape index (κ2) is 11.4. The summed E-state index contributed by atoms with van der Waals surface area (Å²) in [7, 11) is 0. The zero-order chi connectivity index (χ0) is 30.1. The first kappa shape index (κ1) is 28.2. The number of ether oxygens (including phenoxy) is 2. The summed E-state index contributed by atoms with van der Waals surface area (Å²) in [6.07, 6.45) is 4.68. The van der Waals surface area contributed by atoms with Crippen molar-refractivity contribution in [1.29, 1.82) is 0 Å². The van der Waals surface area contributed by atoms with Crippen LogP contribution in [0, 0.1) is 11.6 Å². The van der Waals surface area contributed by atoms with Crippen molar-refractivity contribution in [2.75, 3.05) is 18.5 Å². The van der Waals surface area contributed by atoms with E-state index in [0.717, 1.165) is 18.9 Å². The molecule has 0 unspecified atom stereocenters. The Balaban J connectivity index is 1.15. The molecule has 13 heteroatoms. The zero-order valence-electron chi connectivity index (χ0n) is 23.9. The van der Waals surface area contributed by atoms with Gasteiger partial charge in [0.1, 0.15) is 35.1 Å². The molecule has 1 aliphatic heterocycles. The Kier molecular flexibility index (Phi) is 7.46. The van der Waals surface area contributed by atoms with E-state index in [1.54, 1.807) is 41.6 Å². The van der Waals surface area contributed by atoms with Crippen LogP contribution in [0.15, 0.2) is 54.9 Å². The maximum atomic E-state index is 13.8. The number of hydrogen-bond acceptors (Lipinski definition) is 9. The highest BCUT2D eigenvalue weighted by Crippen LogP contribution is 2.26. The summed E-state index contributed by atoms with van der Waals surface area (Å²) in [5.41, 5.74) is 2.58. The van der Waals surface area contributed by atoms with E-state index in [2.05, 4.69) is 30.6 Å². The van der Waals surface area contributed by atoms with Gasteiger partial charge in [-0.05, 0) is 63.9 Å². The van der Waals surface area contributed by atoms with E-state index in [4.69, 9.17) is 9.47 Å². The molecule has 1 aliphatic rings. The van der Waals surface area contributed by atoms with Crippen molar-refractivity contribution in [2.45, 2.75) is 51.8 Å². The molecular weight excluding hydrogens is 558 g/mol. The first-order valence-electron chi connectivity index (χ1n) is 13.9. The lowest BCUT2D eigenvalue weighted by molar-refractivity contribution is 0.0187. The van der Waals surface area contributed by atoms with Crippen molar-refractivity contribution < 1.29 is 23.0 Å². The molecule has 5 heterocycles. The SMILES string of the molecule is CC(C)(C)OC(=O)N1CCC[C@@H]1COc1cnc2c(NCc3nnc4ccc(-c5cc(F)cc(F)c5)nn34)ccnc2c1. The molecule has 5 aromatic rings. The van der Waals surface area contributed by atoms with Gasteiger partial charge >= 0.3 is 6.09 Å². The number of nitrogens with zero attached hydrogens (tertiary/aromatic N) is 7. The van der Waals surface area contributed by atoms with Crippen LogP contribution >= 0.6 is 0 Å². The molecule has 6 rings (SSSR count). The lowest BCUT2D eigenvalue weighted by Gasteiger charge is -2.28. The maximum absolute atomic E-state index is 13.8. The average molecular weight is 589 g/mol. The molecule has 1 aromatic carbocycles. The number of fused-ring (bicyclic) bond motifs is 2. The number of hydrogen-bond donors (Lipinski definition) is 1. The Bertz CT molecular complexity index is 1790. The summed E-state index contributed by atoms with van der Waals surface area (Å²) in [4.78, 5) is 23.3. The fourth-order valence-corrected chi connectivity index (χ4v) is 4.97. The van der Waals surface area contributed by atoms with Gasteiger partial charge in [-0.1, -0.05) is 0 Å². The lowest BCUT2D eigenvalue weighted by Crippen LogP contribution is -2.42. The van der Waals surface area contributed by atoms with E-state index in [0.29, 0.717) is 58.4 Å². The Morgan fingerprint density at radius 3 is 2.67 bits per heavy atom. The van der Waals surface area contributed by atoms with Gasteiger partial charge in [-0.25, -0.2) is 18.6 Å². The summed E-state index contributed by atoms with van der Waals surface area (Å²) in [6, 6.07) is 10.1. The Hall–Kier alpha value is -4.94. The molecule has 4 aromatic heterocycles. The van der Waals surface area contributed by atoms with Crippen LogP contribution in [0.4, 0.5) is 19.3 Å². The second-order valence-corrected chi connectivity index (χ2v) is 11.3. The maximum Gasteiger partial charge on any atom is 0.410 e. The highest BCUT2D eigenvalue weighted by atomic mass is 19.1. The third kappa shape index (κ3) is 6.30. The van der Waals surface area contributed by atoms with Crippen molar-refractivity contribution in [2.24, 2.45) is 0 Å². The van der Waals surface area contributed by atoms with Crippen LogP contribution in [0.5, 0.6) is 5.75 Å². The fraction of sp³-hybridized carbons (Fsp3) is 0.333. The molecule has 0 bridgehead atoms. The third-order valence-corrected chi connectivity index (χ3v) is 6.92. The van der Waals surface area contributed by atoms with Crippen LogP contribution in [-0.4, -0.2) is 65.6 Å². The first-order valence-corrected chi connectivity index (χ1v) is 13.9. The Morgan fingerprint density at radius 1 is 1.07 bits per heavy atom. The fourth-order valence-electron chi connectivity index (χ4n) is 4.97. The van der Waals surface area contributed by atoms with Gasteiger partial charge in [0.15, 0.2) is 11.5 Å². The van der Waals surface area contributed by atoms with Crippen molar-refractivity contribution in [3.63, 3.8) is 0 Å². The van der Waals surface area contributed by atoms with Crippen LogP contribution < -0.4 is 10.1 Å². The number of rotatable bonds is 7. The van der Waals surface area contributed by atoms with Crippen LogP contribution in [0.25, 0.3) is 27.9 Å². The molecule has 0 spiro atoms. The minimum atomic E-state index is -0.686. The number of amides is 1. The number of aromatic nitrogens is 6. The molecule has 1 saturated heterocycles. The summed E-state index contributed by atoms with van der Waals surface area (Å²) < 4.78 is 40.6. The minimum absolute atomic E-state index is 0.0847. The average Bonchev–Trinajstić information content (AvgIpc) is 3.60. The molecule has 43 heavy (non-hydrogen) atoms. The van der Waals surface area contributed by atoms with Crippen molar-refractivity contribution in [1.82, 2.24) is 34.7 Å². The molecule has 1 N–H and O–H groups in total. The predicted molar refractivity (Wildman–Crippen MR) is 154 cm³/mol. The van der Waals surface area contributed by atoms with Gasteiger partial charge in [0.05, 0.1) is 35.7 Å². The highest BCUT2D eigenvalue weighted by molar-refractivity contribution is 5.87. The Morgan fingerprint density at radius 2 is 1.88 bits per heavy atom. The van der Waals surface area contributed by atoms with Crippen LogP contribution in [0.2, 0.25) is 0 Å². The molecule has 1 fully saturated rings. The standard InChI is InChI=1S/C30H30F2N8O3/c1-30(2,3)43-29(41)39-10-4-5-21(39)17-42-22-14-25-28(35-15-22)24(8-9-33-25)34-16-27-37-36-26-7-6-23(38-40(26)27)18-11-19(31)13-20(32)12-18/h6-9,11-15,21H,4-5,10,16-17H2,1-3H3,(H,33,34)/t21-/m1/s1. The van der Waals surface area contributed by atoms with Gasteiger partial charge in [0, 0.05) is 30.4 Å². The molecule has 11 nitrogen and oxygen atoms in total. The third-order valence-electron chi connectivity index (χ3n) is 6.92. The van der Waals surface area contributed by atoms with Crippen LogP contribution in [0.1, 0.15) is 39.4 Å². The van der Waals surface area contributed by atoms with E-state index < -0.39 is 17.2 Å². The quantitative estimate of drug-likeness (QED) is 0.266. The molecule has 1 amide bonds. The summed E-state index contributed by atoms with van der Waals surface area (Å²) >= 11 is 0. The summed E-state index contributed by atoms with van der Waals surface area (Å²) in [6.45, 7) is 6.75. The molecule has 1 atom stereocenters. The molecule has 0 saturated carbocycles. The number of anilines is 1. The van der Waals surface area contributed by atoms with Crippen LogP contribution in [-0.2, 0) is 11.3 Å². The normalized spacial score (nSPS) is 15.3. The van der Waals surface area contributed by atoms with E-state index in [9.17, 15) is 13.6 Å². The smallest absolute Gasteiger partial charge is 0.410 e. The van der Waals surface area contributed by atoms with Gasteiger partial charge in [0.25, 0.3) is 0 Å². The number of pyridine rings is 2. The van der Waals surface area contributed by atoms with Gasteiger partial charge in [0.2, 0.25) is 0 Å². The van der Waals surface area contributed by atoms with Crippen molar-refractivity contribution >= 4 is 28.5 Å². The number of nitrogens with one attached hydrogen (secondary N) is 1.